The van der Waals surface area contributed by atoms with Crippen molar-refractivity contribution in [2.75, 3.05) is 0 Å². The molecular formula is C23H26Cl3FO6. The van der Waals surface area contributed by atoms with Gasteiger partial charge in [-0.15, -0.1) is 23.2 Å². The molecule has 3 fully saturated rings. The summed E-state index contributed by atoms with van der Waals surface area (Å²) in [5, 5.41) is 29.8. The summed E-state index contributed by atoms with van der Waals surface area (Å²) in [5.74, 6) is -3.84. The summed E-state index contributed by atoms with van der Waals surface area (Å²) >= 11 is 20.4. The van der Waals surface area contributed by atoms with Crippen LogP contribution in [0.2, 0.25) is 0 Å². The molecule has 0 bridgehead atoms. The standard InChI is InChI=1S/C23H26Cl3FO6/c1-20-9-17(25)23(26)11(5-14(27)12-6-15(28)13(24)8-21(12,23)2)10(20)3-4-22(20,33)19(32)16(29)7-18(30)31/h6,8,10-11,14,16-17,29,33H,3-5,7,9H2,1-2H3,(H,30,31)/t10-,11-,14?,16?,17?,20-,21-,22-,23-/m0/s1. The van der Waals surface area contributed by atoms with Gasteiger partial charge in [0.15, 0.2) is 11.6 Å². The van der Waals surface area contributed by atoms with E-state index < -0.39 is 74.8 Å². The number of carbonyl (C=O) groups is 3. The van der Waals surface area contributed by atoms with Crippen molar-refractivity contribution in [3.63, 3.8) is 0 Å². The number of allylic oxidation sites excluding steroid dienone is 4. The Kier molecular flexibility index (Phi) is 5.90. The summed E-state index contributed by atoms with van der Waals surface area (Å²) in [6.07, 6.45) is -1.22. The number of rotatable bonds is 4. The summed E-state index contributed by atoms with van der Waals surface area (Å²) in [5.41, 5.74) is -4.13. The molecule has 4 rings (SSSR count). The normalized spacial score (nSPS) is 47.6. The van der Waals surface area contributed by atoms with E-state index in [1.807, 2.05) is 0 Å². The van der Waals surface area contributed by atoms with Crippen LogP contribution in [0.15, 0.2) is 22.8 Å². The minimum Gasteiger partial charge on any atom is -0.481 e. The van der Waals surface area contributed by atoms with Crippen molar-refractivity contribution in [1.29, 1.82) is 0 Å². The molecule has 0 saturated heterocycles. The Morgan fingerprint density at radius 1 is 1.30 bits per heavy atom. The number of ketones is 2. The first-order valence-electron chi connectivity index (χ1n) is 10.9. The highest BCUT2D eigenvalue weighted by Crippen LogP contribution is 2.72. The van der Waals surface area contributed by atoms with Crippen LogP contribution in [0.5, 0.6) is 0 Å². The van der Waals surface area contributed by atoms with Crippen molar-refractivity contribution in [2.24, 2.45) is 22.7 Å². The minimum absolute atomic E-state index is 0.0256. The molecule has 3 N–H and O–H groups in total. The molecular weight excluding hydrogens is 498 g/mol. The monoisotopic (exact) mass is 522 g/mol. The summed E-state index contributed by atoms with van der Waals surface area (Å²) in [6.45, 7) is 3.39. The van der Waals surface area contributed by atoms with E-state index in [4.69, 9.17) is 39.9 Å². The first-order valence-corrected chi connectivity index (χ1v) is 12.1. The number of fused-ring (bicyclic) bond motifs is 5. The van der Waals surface area contributed by atoms with Crippen LogP contribution < -0.4 is 0 Å². The lowest BCUT2D eigenvalue weighted by Crippen LogP contribution is -2.69. The van der Waals surface area contributed by atoms with Gasteiger partial charge < -0.3 is 15.3 Å². The second-order valence-corrected chi connectivity index (χ2v) is 11.9. The van der Waals surface area contributed by atoms with E-state index >= 15 is 4.39 Å². The lowest BCUT2D eigenvalue weighted by atomic mass is 9.46. The molecule has 0 radical (unpaired) electrons. The zero-order chi connectivity index (χ0) is 24.7. The average molecular weight is 524 g/mol. The van der Waals surface area contributed by atoms with Gasteiger partial charge in [0, 0.05) is 10.8 Å². The molecule has 4 aliphatic carbocycles. The number of alkyl halides is 3. The average Bonchev–Trinajstić information content (AvgIpc) is 2.97. The third kappa shape index (κ3) is 3.15. The van der Waals surface area contributed by atoms with Gasteiger partial charge in [-0.2, -0.15) is 0 Å². The summed E-state index contributed by atoms with van der Waals surface area (Å²) in [7, 11) is 0. The SMILES string of the molecule is C[C@]12C=C(Cl)C(=O)C=C1C(F)C[C@H]1[C@@H]3CC[C@](O)(C(=O)C(O)CC(=O)O)[C@@]3(C)CC(Cl)[C@@]12Cl. The quantitative estimate of drug-likeness (QED) is 0.486. The molecule has 0 aromatic carbocycles. The number of carboxylic acids is 1. The van der Waals surface area contributed by atoms with Gasteiger partial charge in [-0.3, -0.25) is 14.4 Å². The maximum Gasteiger partial charge on any atom is 0.306 e. The fourth-order valence-electron chi connectivity index (χ4n) is 7.14. The van der Waals surface area contributed by atoms with Crippen molar-refractivity contribution in [3.8, 4) is 0 Å². The highest BCUT2D eigenvalue weighted by molar-refractivity contribution is 6.45. The second kappa shape index (κ2) is 7.76. The van der Waals surface area contributed by atoms with Crippen molar-refractivity contribution < 1.29 is 34.1 Å². The Morgan fingerprint density at radius 3 is 2.55 bits per heavy atom. The molecule has 10 heteroatoms. The van der Waals surface area contributed by atoms with Crippen LogP contribution in [0.3, 0.4) is 0 Å². The van der Waals surface area contributed by atoms with E-state index in [9.17, 15) is 24.6 Å². The van der Waals surface area contributed by atoms with Crippen molar-refractivity contribution in [3.05, 3.63) is 22.8 Å². The Hall–Kier alpha value is -0.990. The van der Waals surface area contributed by atoms with Crippen LogP contribution in [0.4, 0.5) is 4.39 Å². The maximum absolute atomic E-state index is 15.5. The van der Waals surface area contributed by atoms with Gasteiger partial charge in [0.05, 0.1) is 21.7 Å². The van der Waals surface area contributed by atoms with Gasteiger partial charge in [-0.25, -0.2) is 4.39 Å². The number of carboxylic acid groups (broad SMARTS) is 1. The first kappa shape index (κ1) is 25.1. The zero-order valence-electron chi connectivity index (χ0n) is 18.2. The molecule has 4 aliphatic rings. The summed E-state index contributed by atoms with van der Waals surface area (Å²) < 4.78 is 15.5. The Labute approximate surface area is 205 Å². The molecule has 3 unspecified atom stereocenters. The lowest BCUT2D eigenvalue weighted by molar-refractivity contribution is -0.170. The van der Waals surface area contributed by atoms with Crippen LogP contribution in [0.1, 0.15) is 46.0 Å². The predicted molar refractivity (Wildman–Crippen MR) is 120 cm³/mol. The van der Waals surface area contributed by atoms with Gasteiger partial charge in [-0.1, -0.05) is 25.4 Å². The van der Waals surface area contributed by atoms with Crippen LogP contribution >= 0.6 is 34.8 Å². The Bertz CT molecular complexity index is 999. The number of aliphatic carboxylic acids is 1. The third-order valence-electron chi connectivity index (χ3n) is 8.87. The molecule has 33 heavy (non-hydrogen) atoms. The number of Topliss-reactive ketones (excluding diaryl/α,β-unsaturated/α-hetero) is 1. The molecule has 182 valence electrons. The molecule has 9 atom stereocenters. The molecule has 6 nitrogen and oxygen atoms in total. The van der Waals surface area contributed by atoms with Crippen LogP contribution in [0.25, 0.3) is 0 Å². The van der Waals surface area contributed by atoms with E-state index in [-0.39, 0.29) is 29.9 Å². The highest BCUT2D eigenvalue weighted by Gasteiger charge is 2.74. The molecule has 0 heterocycles. The maximum atomic E-state index is 15.5. The van der Waals surface area contributed by atoms with Gasteiger partial charge in [0.2, 0.25) is 0 Å². The predicted octanol–water partition coefficient (Wildman–Crippen LogP) is 3.52. The largest absolute Gasteiger partial charge is 0.481 e. The topological polar surface area (TPSA) is 112 Å². The number of hydrogen-bond donors (Lipinski definition) is 3. The van der Waals surface area contributed by atoms with Gasteiger partial charge in [0.1, 0.15) is 17.9 Å². The summed E-state index contributed by atoms with van der Waals surface area (Å²) in [6, 6.07) is 0. The highest BCUT2D eigenvalue weighted by atomic mass is 35.5. The molecule has 0 aromatic rings. The van der Waals surface area contributed by atoms with Crippen LogP contribution in [0, 0.1) is 22.7 Å². The second-order valence-electron chi connectivity index (χ2n) is 10.3. The number of aliphatic hydroxyl groups excluding tert-OH is 1. The molecule has 0 aliphatic heterocycles. The van der Waals surface area contributed by atoms with Gasteiger partial charge in [-0.05, 0) is 55.2 Å². The first-order chi connectivity index (χ1) is 15.1. The molecule has 0 aromatic heterocycles. The molecule has 3 saturated carbocycles. The third-order valence-corrected chi connectivity index (χ3v) is 10.7. The van der Waals surface area contributed by atoms with E-state index in [1.165, 1.54) is 12.2 Å². The number of aliphatic hydroxyl groups is 2. The minimum atomic E-state index is -2.03. The van der Waals surface area contributed by atoms with Crippen molar-refractivity contribution in [1.82, 2.24) is 0 Å². The lowest BCUT2D eigenvalue weighted by Gasteiger charge is -2.64. The van der Waals surface area contributed by atoms with Crippen molar-refractivity contribution >= 4 is 52.3 Å². The fraction of sp³-hybridized carbons (Fsp3) is 0.696. The van der Waals surface area contributed by atoms with E-state index in [0.717, 1.165) is 0 Å². The number of halogens is 4. The van der Waals surface area contributed by atoms with E-state index in [1.54, 1.807) is 13.8 Å². The Morgan fingerprint density at radius 2 is 1.94 bits per heavy atom. The molecule has 0 spiro atoms. The zero-order valence-corrected chi connectivity index (χ0v) is 20.4. The van der Waals surface area contributed by atoms with Crippen LogP contribution in [-0.2, 0) is 14.4 Å². The van der Waals surface area contributed by atoms with E-state index in [2.05, 4.69) is 0 Å². The molecule has 0 amide bonds. The Balaban J connectivity index is 1.79. The van der Waals surface area contributed by atoms with Crippen LogP contribution in [-0.4, -0.2) is 61.0 Å². The van der Waals surface area contributed by atoms with E-state index in [0.29, 0.717) is 6.42 Å². The smallest absolute Gasteiger partial charge is 0.306 e. The number of hydrogen-bond acceptors (Lipinski definition) is 5. The van der Waals surface area contributed by atoms with Gasteiger partial charge >= 0.3 is 5.97 Å². The number of carbonyl (C=O) groups excluding carboxylic acids is 2. The summed E-state index contributed by atoms with van der Waals surface area (Å²) in [4.78, 5) is 35.0. The van der Waals surface area contributed by atoms with Gasteiger partial charge in [0.25, 0.3) is 0 Å². The van der Waals surface area contributed by atoms with Crippen molar-refractivity contribution in [2.45, 2.75) is 74.1 Å². The fourth-order valence-corrected chi connectivity index (χ4v) is 8.60.